The Balaban J connectivity index is 2.37. The van der Waals surface area contributed by atoms with Crippen molar-refractivity contribution in [3.63, 3.8) is 0 Å². The normalized spacial score (nSPS) is 11.5. The number of methoxy groups -OCH3 is 1. The molecule has 0 atom stereocenters. The Morgan fingerprint density at radius 3 is 2.35 bits per heavy atom. The van der Waals surface area contributed by atoms with Gasteiger partial charge >= 0.3 is 5.69 Å². The quantitative estimate of drug-likeness (QED) is 0.371. The summed E-state index contributed by atoms with van der Waals surface area (Å²) in [6.45, 7) is 0. The molecular weight excluding hydrogens is 336 g/mol. The van der Waals surface area contributed by atoms with Crippen LogP contribution in [0.2, 0.25) is 0 Å². The van der Waals surface area contributed by atoms with Crippen molar-refractivity contribution in [2.24, 2.45) is 21.1 Å². The van der Waals surface area contributed by atoms with Gasteiger partial charge in [-0.3, -0.25) is 23.3 Å². The van der Waals surface area contributed by atoms with Crippen LogP contribution >= 0.6 is 0 Å². The molecule has 0 aliphatic heterocycles. The maximum Gasteiger partial charge on any atom is 0.332 e. The average Bonchev–Trinajstić information content (AvgIpc) is 2.65. The van der Waals surface area contributed by atoms with Crippen molar-refractivity contribution in [3.8, 4) is 5.75 Å². The molecule has 0 saturated carbocycles. The summed E-state index contributed by atoms with van der Waals surface area (Å²) in [5.74, 6) is 0.648. The van der Waals surface area contributed by atoms with Crippen LogP contribution < -0.4 is 21.5 Å². The van der Waals surface area contributed by atoms with E-state index in [1.807, 2.05) is 0 Å². The van der Waals surface area contributed by atoms with Crippen molar-refractivity contribution in [2.75, 3.05) is 7.11 Å². The third-order valence-electron chi connectivity index (χ3n) is 4.75. The second-order valence-electron chi connectivity index (χ2n) is 6.21. The highest BCUT2D eigenvalue weighted by molar-refractivity contribution is 6.05. The molecule has 0 aliphatic rings. The highest BCUT2D eigenvalue weighted by Crippen LogP contribution is 2.24. The zero-order valence-corrected chi connectivity index (χ0v) is 14.7. The summed E-state index contributed by atoms with van der Waals surface area (Å²) >= 11 is 0. The summed E-state index contributed by atoms with van der Waals surface area (Å²) in [6, 6.07) is 7.01. The number of aromatic nitrogens is 4. The zero-order chi connectivity index (χ0) is 18.7. The van der Waals surface area contributed by atoms with Crippen LogP contribution in [0.5, 0.6) is 5.75 Å². The predicted molar refractivity (Wildman–Crippen MR) is 99.0 cm³/mol. The van der Waals surface area contributed by atoms with Gasteiger partial charge in [0.25, 0.3) is 11.1 Å². The summed E-state index contributed by atoms with van der Waals surface area (Å²) in [6.07, 6.45) is 0. The summed E-state index contributed by atoms with van der Waals surface area (Å²) in [4.78, 5) is 42.5. The third-order valence-corrected chi connectivity index (χ3v) is 4.75. The highest BCUT2D eigenvalue weighted by atomic mass is 16.5. The molecule has 0 N–H and O–H groups in total. The van der Waals surface area contributed by atoms with Crippen LogP contribution in [0.1, 0.15) is 0 Å². The van der Waals surface area contributed by atoms with Gasteiger partial charge in [0.15, 0.2) is 0 Å². The Kier molecular flexibility index (Phi) is 3.27. The molecule has 0 spiro atoms. The molecule has 4 rings (SSSR count). The monoisotopic (exact) mass is 352 g/mol. The minimum absolute atomic E-state index is 0.240. The number of pyridine rings is 2. The highest BCUT2D eigenvalue weighted by Gasteiger charge is 2.18. The first kappa shape index (κ1) is 16.1. The van der Waals surface area contributed by atoms with E-state index < -0.39 is 11.2 Å². The van der Waals surface area contributed by atoms with Gasteiger partial charge < -0.3 is 4.74 Å². The smallest absolute Gasteiger partial charge is 0.332 e. The first-order valence-corrected chi connectivity index (χ1v) is 7.92. The van der Waals surface area contributed by atoms with Crippen molar-refractivity contribution >= 4 is 32.8 Å². The SMILES string of the molecule is COc1ccc2nc3c(cc2c1)c(=O)n(C)c1c3c(=O)n(C)c(=O)n1C. The number of hydrogen-bond donors (Lipinski definition) is 0. The van der Waals surface area contributed by atoms with Crippen LogP contribution in [0.4, 0.5) is 0 Å². The number of ether oxygens (including phenoxy) is 1. The van der Waals surface area contributed by atoms with E-state index in [1.54, 1.807) is 38.4 Å². The van der Waals surface area contributed by atoms with Gasteiger partial charge in [-0.2, -0.15) is 0 Å². The van der Waals surface area contributed by atoms with E-state index in [9.17, 15) is 14.4 Å². The van der Waals surface area contributed by atoms with Crippen LogP contribution in [0.25, 0.3) is 32.8 Å². The van der Waals surface area contributed by atoms with E-state index >= 15 is 0 Å². The lowest BCUT2D eigenvalue weighted by atomic mass is 10.1. The average molecular weight is 352 g/mol. The molecule has 0 saturated heterocycles. The van der Waals surface area contributed by atoms with Crippen molar-refractivity contribution < 1.29 is 4.74 Å². The Bertz CT molecular complexity index is 1410. The van der Waals surface area contributed by atoms with Crippen LogP contribution in [0.3, 0.4) is 0 Å². The Labute approximate surface area is 146 Å². The van der Waals surface area contributed by atoms with E-state index in [0.717, 1.165) is 9.95 Å². The van der Waals surface area contributed by atoms with Crippen molar-refractivity contribution in [1.82, 2.24) is 18.7 Å². The molecule has 0 unspecified atom stereocenters. The second-order valence-corrected chi connectivity index (χ2v) is 6.21. The van der Waals surface area contributed by atoms with Crippen molar-refractivity contribution in [2.45, 2.75) is 0 Å². The summed E-state index contributed by atoms with van der Waals surface area (Å²) < 4.78 is 8.84. The fourth-order valence-electron chi connectivity index (χ4n) is 3.35. The largest absolute Gasteiger partial charge is 0.497 e. The Morgan fingerprint density at radius 1 is 0.923 bits per heavy atom. The molecule has 132 valence electrons. The maximum atomic E-state index is 12.9. The molecular formula is C18H16N4O4. The van der Waals surface area contributed by atoms with E-state index in [1.165, 1.54) is 23.2 Å². The van der Waals surface area contributed by atoms with Crippen molar-refractivity contribution in [1.29, 1.82) is 0 Å². The predicted octanol–water partition coefficient (Wildman–Crippen LogP) is 0.646. The lowest BCUT2D eigenvalue weighted by molar-refractivity contribution is 0.415. The van der Waals surface area contributed by atoms with Gasteiger partial charge in [-0.25, -0.2) is 9.78 Å². The molecule has 26 heavy (non-hydrogen) atoms. The summed E-state index contributed by atoms with van der Waals surface area (Å²) in [5.41, 5.74) is -0.143. The van der Waals surface area contributed by atoms with E-state index in [-0.39, 0.29) is 22.1 Å². The lowest BCUT2D eigenvalue weighted by Crippen LogP contribution is -2.39. The molecule has 3 heterocycles. The first-order valence-electron chi connectivity index (χ1n) is 7.92. The topological polar surface area (TPSA) is 88.1 Å². The lowest BCUT2D eigenvalue weighted by Gasteiger charge is -2.13. The van der Waals surface area contributed by atoms with Gasteiger partial charge in [-0.1, -0.05) is 0 Å². The standard InChI is InChI=1S/C18H16N4O4/c1-20-15-13(17(24)22(3)18(25)21(15)2)14-11(16(20)23)8-9-7-10(26-4)5-6-12(9)19-14/h5-8H,1-4H3. The van der Waals surface area contributed by atoms with E-state index in [0.29, 0.717) is 16.7 Å². The number of fused-ring (bicyclic) bond motifs is 4. The van der Waals surface area contributed by atoms with Gasteiger partial charge in [-0.15, -0.1) is 0 Å². The molecule has 0 amide bonds. The number of hydrogen-bond acceptors (Lipinski definition) is 5. The van der Waals surface area contributed by atoms with Gasteiger partial charge in [-0.05, 0) is 24.3 Å². The number of nitrogens with zero attached hydrogens (tertiary/aromatic N) is 4. The molecule has 8 nitrogen and oxygen atoms in total. The summed E-state index contributed by atoms with van der Waals surface area (Å²) in [7, 11) is 6.04. The maximum absolute atomic E-state index is 12.9. The number of benzene rings is 1. The van der Waals surface area contributed by atoms with Gasteiger partial charge in [0.05, 0.1) is 23.5 Å². The molecule has 3 aromatic heterocycles. The van der Waals surface area contributed by atoms with Crippen LogP contribution in [-0.4, -0.2) is 25.8 Å². The molecule has 0 fully saturated rings. The fraction of sp³-hybridized carbons (Fsp3) is 0.222. The number of aryl methyl sites for hydroxylation is 2. The summed E-state index contributed by atoms with van der Waals surface area (Å²) in [5, 5.41) is 1.29. The molecule has 0 radical (unpaired) electrons. The molecule has 8 heteroatoms. The minimum atomic E-state index is -0.498. The zero-order valence-electron chi connectivity index (χ0n) is 14.7. The Hall–Kier alpha value is -3.42. The van der Waals surface area contributed by atoms with Gasteiger partial charge in [0, 0.05) is 26.5 Å². The molecule has 0 aliphatic carbocycles. The fourth-order valence-corrected chi connectivity index (χ4v) is 3.35. The molecule has 4 aromatic rings. The van der Waals surface area contributed by atoms with E-state index in [2.05, 4.69) is 4.98 Å². The van der Waals surface area contributed by atoms with Crippen LogP contribution in [-0.2, 0) is 21.1 Å². The first-order chi connectivity index (χ1) is 12.3. The van der Waals surface area contributed by atoms with Crippen molar-refractivity contribution in [3.05, 3.63) is 55.5 Å². The molecule has 0 bridgehead atoms. The minimum Gasteiger partial charge on any atom is -0.497 e. The van der Waals surface area contributed by atoms with E-state index in [4.69, 9.17) is 4.74 Å². The van der Waals surface area contributed by atoms with Crippen LogP contribution in [0, 0.1) is 0 Å². The van der Waals surface area contributed by atoms with Crippen LogP contribution in [0.15, 0.2) is 38.6 Å². The molecule has 1 aromatic carbocycles. The third kappa shape index (κ3) is 1.95. The van der Waals surface area contributed by atoms with Gasteiger partial charge in [0.2, 0.25) is 0 Å². The Morgan fingerprint density at radius 2 is 1.65 bits per heavy atom. The second kappa shape index (κ2) is 5.29. The van der Waals surface area contributed by atoms with Gasteiger partial charge in [0.1, 0.15) is 16.8 Å². The number of rotatable bonds is 1.